The van der Waals surface area contributed by atoms with Crippen LogP contribution in [-0.4, -0.2) is 21.2 Å². The molecule has 7 aromatic carbocycles. The van der Waals surface area contributed by atoms with Crippen molar-refractivity contribution in [2.24, 2.45) is 9.98 Å². The zero-order chi connectivity index (χ0) is 40.5. The van der Waals surface area contributed by atoms with Crippen LogP contribution in [0.4, 0.5) is 0 Å². The van der Waals surface area contributed by atoms with Gasteiger partial charge >= 0.3 is 0 Å². The van der Waals surface area contributed by atoms with Gasteiger partial charge in [0.25, 0.3) is 0 Å². The van der Waals surface area contributed by atoms with Gasteiger partial charge in [-0.2, -0.15) is 5.10 Å². The van der Waals surface area contributed by atoms with E-state index in [0.29, 0.717) is 12.3 Å². The Bertz CT molecular complexity index is 3180. The first-order valence-corrected chi connectivity index (χ1v) is 21.1. The lowest BCUT2D eigenvalue weighted by atomic mass is 9.86. The molecule has 0 N–H and O–H groups in total. The Kier molecular flexibility index (Phi) is 9.44. The lowest BCUT2D eigenvalue weighted by molar-refractivity contribution is 0.753. The van der Waals surface area contributed by atoms with Crippen molar-refractivity contribution in [3.05, 3.63) is 241 Å². The van der Waals surface area contributed by atoms with Crippen LogP contribution in [0.25, 0.3) is 60.9 Å². The molecular weight excluding hydrogens is 741 g/mol. The van der Waals surface area contributed by atoms with E-state index in [1.807, 2.05) is 6.20 Å². The summed E-state index contributed by atoms with van der Waals surface area (Å²) in [5, 5.41) is 7.45. The molecule has 290 valence electrons. The van der Waals surface area contributed by atoms with Crippen molar-refractivity contribution < 1.29 is 0 Å². The second-order valence-electron chi connectivity index (χ2n) is 15.9. The number of aliphatic imine (C=N–C) groups is 2. The molecule has 2 atom stereocenters. The zero-order valence-corrected chi connectivity index (χ0v) is 33.6. The van der Waals surface area contributed by atoms with E-state index in [-0.39, 0.29) is 6.04 Å². The maximum Gasteiger partial charge on any atom is 0.155 e. The SMILES string of the molecule is C1=CCC(c2cc(C3=NC(c4cccc(-c5c(-c6ccccc6)n6ncc(-c7ccccc7)c6c6ccccc56)c4)=NC(c4ccccc4)C3)cc(-c3ccccc3)c2)C=C1. The highest BCUT2D eigenvalue weighted by Crippen LogP contribution is 2.43. The minimum atomic E-state index is -0.0914. The highest BCUT2D eigenvalue weighted by molar-refractivity contribution is 6.16. The molecule has 0 fully saturated rings. The average Bonchev–Trinajstić information content (AvgIpc) is 3.80. The predicted molar refractivity (Wildman–Crippen MR) is 253 cm³/mol. The van der Waals surface area contributed by atoms with E-state index in [1.165, 1.54) is 22.3 Å². The van der Waals surface area contributed by atoms with Gasteiger partial charge in [0, 0.05) is 40.0 Å². The molecule has 0 saturated heterocycles. The highest BCUT2D eigenvalue weighted by atomic mass is 15.2. The van der Waals surface area contributed by atoms with Crippen LogP contribution in [0.2, 0.25) is 0 Å². The molecule has 2 aromatic heterocycles. The van der Waals surface area contributed by atoms with Crippen LogP contribution in [0.1, 0.15) is 47.1 Å². The second kappa shape index (κ2) is 15.8. The summed E-state index contributed by atoms with van der Waals surface area (Å²) in [6, 6.07) is 67.1. The van der Waals surface area contributed by atoms with E-state index in [0.717, 1.165) is 78.9 Å². The zero-order valence-electron chi connectivity index (χ0n) is 33.6. The largest absolute Gasteiger partial charge is 0.258 e. The number of allylic oxidation sites excluding steroid dienone is 4. The monoisotopic (exact) mass is 782 g/mol. The van der Waals surface area contributed by atoms with Gasteiger partial charge in [-0.15, -0.1) is 0 Å². The molecule has 4 nitrogen and oxygen atoms in total. The standard InChI is InChI=1S/C57H42N4/c1-6-19-39(20-7-1)46-34-47(40-21-8-2-9-22-40)36-48(35-46)53-37-52(42-25-12-4-13-26-42)59-57(60-53)45-30-18-29-44(33-45)54-49-31-16-17-32-50(49)56-51(41-23-10-3-11-24-41)38-58-61(56)55(54)43-27-14-5-15-28-43/h1-21,23-36,38,40,52H,22,37H2. The molecule has 0 amide bonds. The smallest absolute Gasteiger partial charge is 0.155 e. The normalized spacial score (nSPS) is 16.1. The van der Waals surface area contributed by atoms with Gasteiger partial charge in [0.05, 0.1) is 29.2 Å². The Morgan fingerprint density at radius 2 is 1.11 bits per heavy atom. The first-order chi connectivity index (χ1) is 30.2. The Morgan fingerprint density at radius 3 is 1.85 bits per heavy atom. The molecule has 0 radical (unpaired) electrons. The number of benzene rings is 7. The van der Waals surface area contributed by atoms with E-state index in [4.69, 9.17) is 15.1 Å². The Hall–Kier alpha value is -7.69. The van der Waals surface area contributed by atoms with Crippen molar-refractivity contribution in [1.82, 2.24) is 9.61 Å². The molecule has 3 heterocycles. The maximum absolute atomic E-state index is 5.50. The molecule has 2 unspecified atom stereocenters. The van der Waals surface area contributed by atoms with Gasteiger partial charge in [0.15, 0.2) is 5.84 Å². The van der Waals surface area contributed by atoms with E-state index >= 15 is 0 Å². The van der Waals surface area contributed by atoms with Gasteiger partial charge in [-0.25, -0.2) is 9.51 Å². The van der Waals surface area contributed by atoms with Gasteiger partial charge < -0.3 is 0 Å². The number of nitrogens with zero attached hydrogens (tertiary/aromatic N) is 4. The van der Waals surface area contributed by atoms with Crippen LogP contribution in [-0.2, 0) is 0 Å². The number of fused-ring (bicyclic) bond motifs is 3. The number of rotatable bonds is 8. The van der Waals surface area contributed by atoms with Gasteiger partial charge in [-0.05, 0) is 69.0 Å². The number of hydrogen-bond donors (Lipinski definition) is 0. The first-order valence-electron chi connectivity index (χ1n) is 21.1. The Balaban J connectivity index is 1.10. The number of hydrogen-bond acceptors (Lipinski definition) is 3. The minimum Gasteiger partial charge on any atom is -0.258 e. The third-order valence-corrected chi connectivity index (χ3v) is 12.1. The molecule has 61 heavy (non-hydrogen) atoms. The topological polar surface area (TPSA) is 42.0 Å². The third-order valence-electron chi connectivity index (χ3n) is 12.1. The summed E-state index contributed by atoms with van der Waals surface area (Å²) in [4.78, 5) is 10.9. The average molecular weight is 783 g/mol. The fourth-order valence-corrected chi connectivity index (χ4v) is 9.14. The number of amidine groups is 1. The summed E-state index contributed by atoms with van der Waals surface area (Å²) in [5.41, 5.74) is 15.7. The Morgan fingerprint density at radius 1 is 0.492 bits per heavy atom. The van der Waals surface area contributed by atoms with Crippen molar-refractivity contribution in [1.29, 1.82) is 0 Å². The number of pyridine rings is 1. The van der Waals surface area contributed by atoms with Crippen molar-refractivity contribution >= 4 is 27.8 Å². The molecule has 9 aromatic rings. The summed E-state index contributed by atoms with van der Waals surface area (Å²) in [7, 11) is 0. The van der Waals surface area contributed by atoms with Crippen LogP contribution in [0, 0.1) is 0 Å². The van der Waals surface area contributed by atoms with Crippen molar-refractivity contribution in [3.8, 4) is 44.6 Å². The van der Waals surface area contributed by atoms with Crippen molar-refractivity contribution in [2.75, 3.05) is 0 Å². The molecule has 0 spiro atoms. The third kappa shape index (κ3) is 6.92. The van der Waals surface area contributed by atoms with E-state index < -0.39 is 0 Å². The van der Waals surface area contributed by atoms with E-state index in [1.54, 1.807) is 0 Å². The van der Waals surface area contributed by atoms with Gasteiger partial charge in [-0.3, -0.25) is 4.99 Å². The molecule has 0 bridgehead atoms. The van der Waals surface area contributed by atoms with E-state index in [9.17, 15) is 0 Å². The van der Waals surface area contributed by atoms with Gasteiger partial charge in [0.1, 0.15) is 0 Å². The summed E-state index contributed by atoms with van der Waals surface area (Å²) < 4.78 is 2.15. The summed E-state index contributed by atoms with van der Waals surface area (Å²) in [5.74, 6) is 1.04. The number of aromatic nitrogens is 2. The van der Waals surface area contributed by atoms with Gasteiger partial charge in [-0.1, -0.05) is 194 Å². The van der Waals surface area contributed by atoms with Crippen LogP contribution in [0.3, 0.4) is 0 Å². The van der Waals surface area contributed by atoms with Crippen molar-refractivity contribution in [3.63, 3.8) is 0 Å². The van der Waals surface area contributed by atoms with Crippen molar-refractivity contribution in [2.45, 2.75) is 24.8 Å². The lowest BCUT2D eigenvalue weighted by Gasteiger charge is -2.23. The van der Waals surface area contributed by atoms with Crippen LogP contribution >= 0.6 is 0 Å². The molecule has 11 rings (SSSR count). The van der Waals surface area contributed by atoms with Gasteiger partial charge in [0.2, 0.25) is 0 Å². The first kappa shape index (κ1) is 36.4. The minimum absolute atomic E-state index is 0.0914. The molecule has 1 aliphatic carbocycles. The quantitative estimate of drug-likeness (QED) is 0.151. The predicted octanol–water partition coefficient (Wildman–Crippen LogP) is 14.1. The van der Waals surface area contributed by atoms with Crippen LogP contribution in [0.15, 0.2) is 229 Å². The molecule has 0 saturated carbocycles. The van der Waals surface area contributed by atoms with Crippen LogP contribution < -0.4 is 0 Å². The molecule has 1 aliphatic heterocycles. The summed E-state index contributed by atoms with van der Waals surface area (Å²) in [6.45, 7) is 0. The highest BCUT2D eigenvalue weighted by Gasteiger charge is 2.26. The fourth-order valence-electron chi connectivity index (χ4n) is 9.14. The fraction of sp³-hybridized carbons (Fsp3) is 0.0702. The molecule has 4 heteroatoms. The summed E-state index contributed by atoms with van der Waals surface area (Å²) in [6.07, 6.45) is 12.6. The molecular formula is C57H42N4. The summed E-state index contributed by atoms with van der Waals surface area (Å²) >= 11 is 0. The van der Waals surface area contributed by atoms with Crippen LogP contribution in [0.5, 0.6) is 0 Å². The van der Waals surface area contributed by atoms with E-state index in [2.05, 4.69) is 217 Å². The maximum atomic E-state index is 5.50. The lowest BCUT2D eigenvalue weighted by Crippen LogP contribution is -2.18. The molecule has 2 aliphatic rings. The second-order valence-corrected chi connectivity index (χ2v) is 15.9. The Labute approximate surface area is 356 Å².